The molecule has 6 heteroatoms. The zero-order valence-electron chi connectivity index (χ0n) is 11.0. The van der Waals surface area contributed by atoms with Gasteiger partial charge >= 0.3 is 0 Å². The Bertz CT molecular complexity index is 437. The molecule has 2 N–H and O–H groups in total. The molecule has 3 aliphatic rings. The highest BCUT2D eigenvalue weighted by molar-refractivity contribution is 6.04. The minimum Gasteiger partial charge on any atom is -0.320 e. The van der Waals surface area contributed by atoms with Gasteiger partial charge in [-0.3, -0.25) is 19.7 Å². The lowest BCUT2D eigenvalue weighted by molar-refractivity contribution is -0.150. The molecule has 0 bridgehead atoms. The van der Waals surface area contributed by atoms with Crippen LogP contribution >= 0.6 is 0 Å². The summed E-state index contributed by atoms with van der Waals surface area (Å²) in [5.41, 5.74) is 0. The molecule has 104 valence electrons. The van der Waals surface area contributed by atoms with Gasteiger partial charge in [-0.1, -0.05) is 6.42 Å². The van der Waals surface area contributed by atoms with E-state index >= 15 is 0 Å². The van der Waals surface area contributed by atoms with Crippen LogP contribution in [0.5, 0.6) is 0 Å². The molecular formula is C13H19N3O3. The number of amides is 3. The van der Waals surface area contributed by atoms with Crippen LogP contribution in [-0.4, -0.2) is 47.8 Å². The highest BCUT2D eigenvalue weighted by Gasteiger charge is 2.46. The second-order valence-corrected chi connectivity index (χ2v) is 5.80. The number of piperazine rings is 1. The van der Waals surface area contributed by atoms with Crippen molar-refractivity contribution in [3.8, 4) is 0 Å². The Labute approximate surface area is 111 Å². The van der Waals surface area contributed by atoms with Crippen molar-refractivity contribution >= 4 is 17.7 Å². The van der Waals surface area contributed by atoms with Crippen molar-refractivity contribution in [1.29, 1.82) is 0 Å². The Morgan fingerprint density at radius 1 is 1.32 bits per heavy atom. The summed E-state index contributed by atoms with van der Waals surface area (Å²) in [6.45, 7) is 2.53. The van der Waals surface area contributed by atoms with E-state index in [-0.39, 0.29) is 24.4 Å². The molecule has 1 saturated carbocycles. The van der Waals surface area contributed by atoms with Crippen molar-refractivity contribution in [2.75, 3.05) is 13.1 Å². The molecule has 3 amide bonds. The molecular weight excluding hydrogens is 246 g/mol. The summed E-state index contributed by atoms with van der Waals surface area (Å²) in [5, 5.41) is 5.53. The number of nitrogens with zero attached hydrogens (tertiary/aromatic N) is 1. The van der Waals surface area contributed by atoms with E-state index in [0.29, 0.717) is 11.8 Å². The monoisotopic (exact) mass is 265 g/mol. The fraction of sp³-hybridized carbons (Fsp3) is 0.769. The third kappa shape index (κ3) is 2.04. The van der Waals surface area contributed by atoms with Crippen LogP contribution < -0.4 is 10.6 Å². The van der Waals surface area contributed by atoms with Gasteiger partial charge in [0.15, 0.2) is 0 Å². The van der Waals surface area contributed by atoms with Crippen molar-refractivity contribution in [3.63, 3.8) is 0 Å². The molecule has 0 aromatic heterocycles. The van der Waals surface area contributed by atoms with E-state index in [2.05, 4.69) is 10.6 Å². The summed E-state index contributed by atoms with van der Waals surface area (Å²) < 4.78 is 0. The van der Waals surface area contributed by atoms with Crippen LogP contribution in [0.2, 0.25) is 0 Å². The Morgan fingerprint density at radius 2 is 2.11 bits per heavy atom. The first-order valence-corrected chi connectivity index (χ1v) is 6.95. The summed E-state index contributed by atoms with van der Waals surface area (Å²) in [6, 6.07) is -0.777. The minimum atomic E-state index is -0.563. The Hall–Kier alpha value is -1.43. The maximum atomic E-state index is 12.6. The maximum Gasteiger partial charge on any atom is 0.249 e. The van der Waals surface area contributed by atoms with E-state index in [4.69, 9.17) is 0 Å². The molecule has 3 fully saturated rings. The van der Waals surface area contributed by atoms with Crippen LogP contribution in [0.25, 0.3) is 0 Å². The lowest BCUT2D eigenvalue weighted by atomic mass is 9.93. The quantitative estimate of drug-likeness (QED) is 0.611. The van der Waals surface area contributed by atoms with Gasteiger partial charge in [0.1, 0.15) is 12.6 Å². The van der Waals surface area contributed by atoms with Gasteiger partial charge in [-0.15, -0.1) is 0 Å². The van der Waals surface area contributed by atoms with Gasteiger partial charge in [0.05, 0.1) is 6.04 Å². The lowest BCUT2D eigenvalue weighted by Gasteiger charge is -2.34. The van der Waals surface area contributed by atoms with Crippen LogP contribution in [0.4, 0.5) is 0 Å². The summed E-state index contributed by atoms with van der Waals surface area (Å²) in [4.78, 5) is 37.0. The van der Waals surface area contributed by atoms with Gasteiger partial charge in [-0.05, 0) is 38.1 Å². The molecule has 19 heavy (non-hydrogen) atoms. The number of carbonyl (C=O) groups is 3. The molecule has 4 atom stereocenters. The van der Waals surface area contributed by atoms with Crippen LogP contribution in [0.1, 0.15) is 26.2 Å². The van der Waals surface area contributed by atoms with Crippen molar-refractivity contribution in [2.24, 2.45) is 11.8 Å². The van der Waals surface area contributed by atoms with Crippen molar-refractivity contribution in [3.05, 3.63) is 0 Å². The largest absolute Gasteiger partial charge is 0.320 e. The third-order valence-electron chi connectivity index (χ3n) is 4.72. The van der Waals surface area contributed by atoms with E-state index in [0.717, 1.165) is 13.0 Å². The zero-order chi connectivity index (χ0) is 13.6. The predicted octanol–water partition coefficient (Wildman–Crippen LogP) is -0.752. The molecule has 0 spiro atoms. The molecule has 1 aliphatic carbocycles. The number of hydrogen-bond acceptors (Lipinski definition) is 4. The van der Waals surface area contributed by atoms with Crippen molar-refractivity contribution in [1.82, 2.24) is 15.5 Å². The number of hydrogen-bond donors (Lipinski definition) is 2. The minimum absolute atomic E-state index is 0.0126. The highest BCUT2D eigenvalue weighted by atomic mass is 16.2. The lowest BCUT2D eigenvalue weighted by Crippen LogP contribution is -2.61. The number of carbonyl (C=O) groups excluding carboxylic acids is 3. The van der Waals surface area contributed by atoms with Gasteiger partial charge in [0.25, 0.3) is 0 Å². The molecule has 0 aromatic carbocycles. The van der Waals surface area contributed by atoms with Gasteiger partial charge in [-0.25, -0.2) is 0 Å². The van der Waals surface area contributed by atoms with Crippen LogP contribution in [-0.2, 0) is 14.4 Å². The summed E-state index contributed by atoms with van der Waals surface area (Å²) in [5.74, 6) is 0.0893. The fourth-order valence-corrected chi connectivity index (χ4v) is 3.62. The molecule has 3 rings (SSSR count). The molecule has 2 aliphatic heterocycles. The Kier molecular flexibility index (Phi) is 3.05. The summed E-state index contributed by atoms with van der Waals surface area (Å²) in [6.07, 6.45) is 3.42. The SMILES string of the molecule is CC1C(=O)NC(=O)CN1C(=O)C1NCC2CCCC21. The van der Waals surface area contributed by atoms with Crippen LogP contribution in [0.15, 0.2) is 0 Å². The molecule has 2 saturated heterocycles. The van der Waals surface area contributed by atoms with E-state index in [9.17, 15) is 14.4 Å². The second kappa shape index (κ2) is 4.59. The average Bonchev–Trinajstić information content (AvgIpc) is 2.95. The zero-order valence-corrected chi connectivity index (χ0v) is 11.0. The van der Waals surface area contributed by atoms with Gasteiger partial charge < -0.3 is 10.2 Å². The first-order valence-electron chi connectivity index (χ1n) is 6.95. The van der Waals surface area contributed by atoms with Crippen molar-refractivity contribution in [2.45, 2.75) is 38.3 Å². The first kappa shape index (κ1) is 12.6. The maximum absolute atomic E-state index is 12.6. The Balaban J connectivity index is 1.76. The van der Waals surface area contributed by atoms with Crippen molar-refractivity contribution < 1.29 is 14.4 Å². The first-order chi connectivity index (χ1) is 9.08. The number of nitrogens with one attached hydrogen (secondary N) is 2. The average molecular weight is 265 g/mol. The van der Waals surface area contributed by atoms with E-state index < -0.39 is 11.9 Å². The normalized spacial score (nSPS) is 38.3. The van der Waals surface area contributed by atoms with Gasteiger partial charge in [0.2, 0.25) is 17.7 Å². The highest BCUT2D eigenvalue weighted by Crippen LogP contribution is 2.38. The van der Waals surface area contributed by atoms with E-state index in [1.165, 1.54) is 17.7 Å². The fourth-order valence-electron chi connectivity index (χ4n) is 3.62. The summed E-state index contributed by atoms with van der Waals surface area (Å²) in [7, 11) is 0. The molecule has 0 radical (unpaired) electrons. The predicted molar refractivity (Wildman–Crippen MR) is 66.9 cm³/mol. The summed E-state index contributed by atoms with van der Waals surface area (Å²) >= 11 is 0. The standard InChI is InChI=1S/C13H19N3O3/c1-7-12(18)15-10(17)6-16(7)13(19)11-9-4-2-3-8(9)5-14-11/h7-9,11,14H,2-6H2,1H3,(H,15,17,18). The molecule has 6 nitrogen and oxygen atoms in total. The Morgan fingerprint density at radius 3 is 2.89 bits per heavy atom. The van der Waals surface area contributed by atoms with Crippen LogP contribution in [0, 0.1) is 11.8 Å². The third-order valence-corrected chi connectivity index (χ3v) is 4.72. The number of imide groups is 1. The number of rotatable bonds is 1. The molecule has 4 unspecified atom stereocenters. The molecule has 0 aromatic rings. The van der Waals surface area contributed by atoms with Crippen LogP contribution in [0.3, 0.4) is 0 Å². The smallest absolute Gasteiger partial charge is 0.249 e. The topological polar surface area (TPSA) is 78.5 Å². The molecule has 2 heterocycles. The van der Waals surface area contributed by atoms with Gasteiger partial charge in [-0.2, -0.15) is 0 Å². The van der Waals surface area contributed by atoms with E-state index in [1.54, 1.807) is 6.92 Å². The second-order valence-electron chi connectivity index (χ2n) is 5.80. The number of fused-ring (bicyclic) bond motifs is 1. The van der Waals surface area contributed by atoms with Gasteiger partial charge in [0, 0.05) is 0 Å². The van der Waals surface area contributed by atoms with E-state index in [1.807, 2.05) is 0 Å².